The van der Waals surface area contributed by atoms with E-state index in [0.717, 1.165) is 6.54 Å². The molecule has 1 N–H and O–H groups in total. The molecule has 0 aliphatic carbocycles. The summed E-state index contributed by atoms with van der Waals surface area (Å²) in [5, 5.41) is 6.64. The molecule has 1 aliphatic heterocycles. The monoisotopic (exact) mass is 310 g/mol. The van der Waals surface area contributed by atoms with Crippen LogP contribution in [0.2, 0.25) is 0 Å². The first-order valence-corrected chi connectivity index (χ1v) is 7.18. The number of methoxy groups -OCH3 is 1. The van der Waals surface area contributed by atoms with Gasteiger partial charge in [-0.2, -0.15) is 0 Å². The lowest BCUT2D eigenvalue weighted by Gasteiger charge is -2.38. The van der Waals surface area contributed by atoms with Crippen molar-refractivity contribution in [3.63, 3.8) is 0 Å². The standard InChI is InChI=1S/C14H22N4O4/c1-10-6-11(16-22-10)7-15-14(20)12-8-17(2)4-5-18(12)13(19)9-21-3/h6,12H,4-5,7-9H2,1-3H3,(H,15,20). The number of nitrogens with one attached hydrogen (secondary N) is 1. The average Bonchev–Trinajstić information content (AvgIpc) is 2.90. The van der Waals surface area contributed by atoms with E-state index < -0.39 is 6.04 Å². The van der Waals surface area contributed by atoms with Crippen molar-refractivity contribution in [2.75, 3.05) is 40.4 Å². The minimum atomic E-state index is -0.519. The van der Waals surface area contributed by atoms with Crippen LogP contribution >= 0.6 is 0 Å². The fourth-order valence-corrected chi connectivity index (χ4v) is 2.45. The van der Waals surface area contributed by atoms with Crippen molar-refractivity contribution < 1.29 is 18.8 Å². The summed E-state index contributed by atoms with van der Waals surface area (Å²) in [6.07, 6.45) is 0. The zero-order valence-corrected chi connectivity index (χ0v) is 13.2. The molecule has 1 atom stereocenters. The largest absolute Gasteiger partial charge is 0.375 e. The summed E-state index contributed by atoms with van der Waals surface area (Å²) >= 11 is 0. The number of amides is 2. The van der Waals surface area contributed by atoms with Crippen LogP contribution in [-0.2, 0) is 20.9 Å². The van der Waals surface area contributed by atoms with E-state index in [-0.39, 0.29) is 25.0 Å². The minimum absolute atomic E-state index is 0.0179. The van der Waals surface area contributed by atoms with E-state index in [1.54, 1.807) is 17.9 Å². The number of aromatic nitrogens is 1. The third kappa shape index (κ3) is 4.05. The molecule has 0 bridgehead atoms. The molecular formula is C14H22N4O4. The summed E-state index contributed by atoms with van der Waals surface area (Å²) in [5.74, 6) is 0.322. The van der Waals surface area contributed by atoms with Gasteiger partial charge in [0.15, 0.2) is 0 Å². The number of carbonyl (C=O) groups excluding carboxylic acids is 2. The number of aryl methyl sites for hydroxylation is 1. The first kappa shape index (κ1) is 16.4. The number of rotatable bonds is 5. The topological polar surface area (TPSA) is 87.9 Å². The summed E-state index contributed by atoms with van der Waals surface area (Å²) in [5.41, 5.74) is 0.657. The Kier molecular flexibility index (Phi) is 5.51. The summed E-state index contributed by atoms with van der Waals surface area (Å²) in [6, 6.07) is 1.25. The van der Waals surface area contributed by atoms with Crippen molar-refractivity contribution in [2.24, 2.45) is 0 Å². The molecule has 0 aromatic carbocycles. The van der Waals surface area contributed by atoms with Crippen LogP contribution in [0.4, 0.5) is 0 Å². The van der Waals surface area contributed by atoms with Crippen molar-refractivity contribution >= 4 is 11.8 Å². The Morgan fingerprint density at radius 2 is 2.27 bits per heavy atom. The van der Waals surface area contributed by atoms with Crippen molar-refractivity contribution in [1.29, 1.82) is 0 Å². The molecule has 2 heterocycles. The molecule has 8 heteroatoms. The molecule has 2 rings (SSSR count). The number of hydrogen-bond donors (Lipinski definition) is 1. The second kappa shape index (κ2) is 7.37. The van der Waals surface area contributed by atoms with Gasteiger partial charge in [0.2, 0.25) is 11.8 Å². The highest BCUT2D eigenvalue weighted by Crippen LogP contribution is 2.10. The van der Waals surface area contributed by atoms with Gasteiger partial charge >= 0.3 is 0 Å². The molecule has 1 aromatic rings. The number of hydrogen-bond acceptors (Lipinski definition) is 6. The van der Waals surface area contributed by atoms with Crippen molar-refractivity contribution in [1.82, 2.24) is 20.3 Å². The Hall–Kier alpha value is -1.93. The van der Waals surface area contributed by atoms with Gasteiger partial charge in [0.05, 0.1) is 6.54 Å². The van der Waals surface area contributed by atoms with Crippen LogP contribution in [0.1, 0.15) is 11.5 Å². The predicted molar refractivity (Wildman–Crippen MR) is 78.0 cm³/mol. The van der Waals surface area contributed by atoms with Gasteiger partial charge in [-0.25, -0.2) is 0 Å². The van der Waals surface area contributed by atoms with E-state index in [2.05, 4.69) is 10.5 Å². The van der Waals surface area contributed by atoms with Gasteiger partial charge in [-0.15, -0.1) is 0 Å². The third-order valence-corrected chi connectivity index (χ3v) is 3.59. The first-order valence-electron chi connectivity index (χ1n) is 7.18. The van der Waals surface area contributed by atoms with Crippen molar-refractivity contribution in [2.45, 2.75) is 19.5 Å². The molecule has 122 valence electrons. The van der Waals surface area contributed by atoms with Gasteiger partial charge in [-0.05, 0) is 14.0 Å². The van der Waals surface area contributed by atoms with Gasteiger partial charge in [0.25, 0.3) is 0 Å². The number of nitrogens with zero attached hydrogens (tertiary/aromatic N) is 3. The molecule has 1 fully saturated rings. The van der Waals surface area contributed by atoms with E-state index in [0.29, 0.717) is 24.5 Å². The van der Waals surface area contributed by atoms with Crippen molar-refractivity contribution in [3.05, 3.63) is 17.5 Å². The van der Waals surface area contributed by atoms with Gasteiger partial charge in [-0.3, -0.25) is 9.59 Å². The molecule has 0 saturated carbocycles. The van der Waals surface area contributed by atoms with Crippen LogP contribution in [0.5, 0.6) is 0 Å². The Morgan fingerprint density at radius 3 is 2.91 bits per heavy atom. The highest BCUT2D eigenvalue weighted by atomic mass is 16.5. The maximum absolute atomic E-state index is 12.4. The third-order valence-electron chi connectivity index (χ3n) is 3.59. The number of ether oxygens (including phenoxy) is 1. The van der Waals surface area contributed by atoms with E-state index in [4.69, 9.17) is 9.26 Å². The summed E-state index contributed by atoms with van der Waals surface area (Å²) < 4.78 is 9.84. The fraction of sp³-hybridized carbons (Fsp3) is 0.643. The van der Waals surface area contributed by atoms with Crippen LogP contribution in [0.3, 0.4) is 0 Å². The maximum atomic E-state index is 12.4. The van der Waals surface area contributed by atoms with Crippen LogP contribution in [-0.4, -0.2) is 73.2 Å². The summed E-state index contributed by atoms with van der Waals surface area (Å²) in [6.45, 7) is 3.80. The van der Waals surface area contributed by atoms with E-state index in [1.807, 2.05) is 11.9 Å². The molecule has 22 heavy (non-hydrogen) atoms. The Balaban J connectivity index is 1.98. The highest BCUT2D eigenvalue weighted by Gasteiger charge is 2.33. The van der Waals surface area contributed by atoms with E-state index >= 15 is 0 Å². The second-order valence-electron chi connectivity index (χ2n) is 5.44. The molecule has 1 saturated heterocycles. The Morgan fingerprint density at radius 1 is 1.50 bits per heavy atom. The molecule has 8 nitrogen and oxygen atoms in total. The quantitative estimate of drug-likeness (QED) is 0.780. The fourth-order valence-electron chi connectivity index (χ4n) is 2.45. The van der Waals surface area contributed by atoms with Crippen molar-refractivity contribution in [3.8, 4) is 0 Å². The predicted octanol–water partition coefficient (Wildman–Crippen LogP) is -0.612. The second-order valence-corrected chi connectivity index (χ2v) is 5.44. The first-order chi connectivity index (χ1) is 10.5. The zero-order valence-electron chi connectivity index (χ0n) is 13.2. The zero-order chi connectivity index (χ0) is 16.1. The van der Waals surface area contributed by atoms with Gasteiger partial charge in [-0.1, -0.05) is 5.16 Å². The van der Waals surface area contributed by atoms with Gasteiger partial charge in [0, 0.05) is 32.8 Å². The minimum Gasteiger partial charge on any atom is -0.375 e. The summed E-state index contributed by atoms with van der Waals surface area (Å²) in [7, 11) is 3.40. The van der Waals surface area contributed by atoms with Crippen LogP contribution < -0.4 is 5.32 Å². The molecule has 1 unspecified atom stereocenters. The number of piperazine rings is 1. The normalized spacial score (nSPS) is 19.2. The summed E-state index contributed by atoms with van der Waals surface area (Å²) in [4.78, 5) is 28.1. The molecule has 2 amide bonds. The number of carbonyl (C=O) groups is 2. The highest BCUT2D eigenvalue weighted by molar-refractivity contribution is 5.88. The van der Waals surface area contributed by atoms with E-state index in [1.165, 1.54) is 7.11 Å². The SMILES string of the molecule is COCC(=O)N1CCN(C)CC1C(=O)NCc1cc(C)on1. The lowest BCUT2D eigenvalue weighted by Crippen LogP contribution is -2.60. The molecule has 0 spiro atoms. The smallest absolute Gasteiger partial charge is 0.249 e. The van der Waals surface area contributed by atoms with Crippen LogP contribution in [0.15, 0.2) is 10.6 Å². The molecule has 1 aliphatic rings. The lowest BCUT2D eigenvalue weighted by molar-refractivity contribution is -0.146. The van der Waals surface area contributed by atoms with Gasteiger partial charge < -0.3 is 24.4 Å². The molecular weight excluding hydrogens is 288 g/mol. The van der Waals surface area contributed by atoms with Crippen LogP contribution in [0, 0.1) is 6.92 Å². The average molecular weight is 310 g/mol. The van der Waals surface area contributed by atoms with Crippen LogP contribution in [0.25, 0.3) is 0 Å². The Bertz CT molecular complexity index is 531. The van der Waals surface area contributed by atoms with E-state index in [9.17, 15) is 9.59 Å². The molecule has 0 radical (unpaired) electrons. The molecule has 1 aromatic heterocycles. The Labute approximate surface area is 129 Å². The maximum Gasteiger partial charge on any atom is 0.249 e. The number of likely N-dealkylation sites (N-methyl/N-ethyl adjacent to an activating group) is 1. The van der Waals surface area contributed by atoms with Gasteiger partial charge in [0.1, 0.15) is 24.1 Å². The lowest BCUT2D eigenvalue weighted by atomic mass is 10.1.